The van der Waals surface area contributed by atoms with E-state index in [9.17, 15) is 0 Å². The van der Waals surface area contributed by atoms with Crippen LogP contribution < -0.4 is 10.6 Å². The van der Waals surface area contributed by atoms with Crippen LogP contribution in [0.5, 0.6) is 0 Å². The summed E-state index contributed by atoms with van der Waals surface area (Å²) >= 11 is 1.86. The van der Waals surface area contributed by atoms with Gasteiger partial charge in [-0.1, -0.05) is 6.07 Å². The Morgan fingerprint density at radius 2 is 1.96 bits per heavy atom. The number of hydrogen-bond donors (Lipinski definition) is 2. The molecule has 3 heterocycles. The molecule has 1 aromatic rings. The van der Waals surface area contributed by atoms with Crippen LogP contribution in [0.25, 0.3) is 0 Å². The van der Waals surface area contributed by atoms with Gasteiger partial charge in [0.05, 0.1) is 12.6 Å². The first-order valence-electron chi connectivity index (χ1n) is 11.0. The van der Waals surface area contributed by atoms with Crippen LogP contribution in [0.2, 0.25) is 0 Å². The number of likely N-dealkylation sites (N-methyl/N-ethyl adjacent to an activating group) is 1. The molecule has 1 unspecified atom stereocenters. The van der Waals surface area contributed by atoms with E-state index >= 15 is 0 Å². The highest BCUT2D eigenvalue weighted by Crippen LogP contribution is 2.28. The molecule has 0 spiro atoms. The van der Waals surface area contributed by atoms with Gasteiger partial charge in [0.15, 0.2) is 5.96 Å². The summed E-state index contributed by atoms with van der Waals surface area (Å²) in [5.74, 6) is 0.954. The van der Waals surface area contributed by atoms with Crippen molar-refractivity contribution in [3.8, 4) is 0 Å². The van der Waals surface area contributed by atoms with Crippen molar-refractivity contribution < 1.29 is 0 Å². The molecule has 3 rings (SSSR count). The maximum Gasteiger partial charge on any atom is 0.191 e. The lowest BCUT2D eigenvalue weighted by Crippen LogP contribution is -2.42. The van der Waals surface area contributed by atoms with Gasteiger partial charge in [-0.15, -0.1) is 11.3 Å². The van der Waals surface area contributed by atoms with Crippen molar-refractivity contribution in [2.45, 2.75) is 32.2 Å². The molecule has 28 heavy (non-hydrogen) atoms. The largest absolute Gasteiger partial charge is 0.357 e. The van der Waals surface area contributed by atoms with Crippen molar-refractivity contribution in [2.75, 3.05) is 72.5 Å². The Hall–Kier alpha value is -1.15. The monoisotopic (exact) mass is 406 g/mol. The molecule has 0 bridgehead atoms. The minimum absolute atomic E-state index is 0.416. The minimum atomic E-state index is 0.416. The first kappa shape index (κ1) is 21.6. The summed E-state index contributed by atoms with van der Waals surface area (Å²) in [5, 5.41) is 9.17. The van der Waals surface area contributed by atoms with Crippen LogP contribution in [0.3, 0.4) is 0 Å². The molecule has 7 heteroatoms. The lowest BCUT2D eigenvalue weighted by atomic mass is 10.2. The molecule has 0 aliphatic carbocycles. The Labute approximate surface area is 175 Å². The third-order valence-electron chi connectivity index (χ3n) is 5.75. The Kier molecular flexibility index (Phi) is 9.05. The summed E-state index contributed by atoms with van der Waals surface area (Å²) < 4.78 is 0. The third kappa shape index (κ3) is 6.72. The van der Waals surface area contributed by atoms with Crippen LogP contribution in [0.1, 0.15) is 37.1 Å². The molecule has 2 saturated heterocycles. The Morgan fingerprint density at radius 3 is 2.71 bits per heavy atom. The maximum absolute atomic E-state index is 4.96. The van der Waals surface area contributed by atoms with Gasteiger partial charge in [0.25, 0.3) is 0 Å². The molecule has 0 amide bonds. The van der Waals surface area contributed by atoms with Crippen molar-refractivity contribution >= 4 is 17.3 Å². The zero-order chi connectivity index (χ0) is 19.6. The highest BCUT2D eigenvalue weighted by atomic mass is 32.1. The van der Waals surface area contributed by atoms with Crippen molar-refractivity contribution in [1.82, 2.24) is 25.3 Å². The van der Waals surface area contributed by atoms with Crippen molar-refractivity contribution in [2.24, 2.45) is 4.99 Å². The molecule has 2 aliphatic heterocycles. The smallest absolute Gasteiger partial charge is 0.191 e. The lowest BCUT2D eigenvalue weighted by molar-refractivity contribution is 0.255. The second kappa shape index (κ2) is 11.8. The van der Waals surface area contributed by atoms with Crippen LogP contribution in [0.15, 0.2) is 22.5 Å². The number of thiophene rings is 1. The van der Waals surface area contributed by atoms with E-state index in [-0.39, 0.29) is 0 Å². The van der Waals surface area contributed by atoms with Crippen LogP contribution in [-0.4, -0.2) is 93.2 Å². The Bertz CT molecular complexity index is 569. The molecule has 0 aromatic carbocycles. The standard InChI is InChI=1S/C21H38N6S/c1-3-22-21(23-9-14-26-11-7-10-25(2)15-16-26)24-18-19(20-8-6-17-28-20)27-12-4-5-13-27/h6,8,17,19H,3-5,7,9-16,18H2,1-2H3,(H2,22,23,24). The fourth-order valence-electron chi connectivity index (χ4n) is 4.10. The summed E-state index contributed by atoms with van der Waals surface area (Å²) in [6.07, 6.45) is 3.90. The van der Waals surface area contributed by atoms with Gasteiger partial charge >= 0.3 is 0 Å². The second-order valence-electron chi connectivity index (χ2n) is 7.92. The number of nitrogens with zero attached hydrogens (tertiary/aromatic N) is 4. The van der Waals surface area contributed by atoms with E-state index in [1.165, 1.54) is 63.4 Å². The number of hydrogen-bond acceptors (Lipinski definition) is 5. The summed E-state index contributed by atoms with van der Waals surface area (Å²) in [6, 6.07) is 4.84. The average Bonchev–Trinajstić information content (AvgIpc) is 3.37. The van der Waals surface area contributed by atoms with Crippen molar-refractivity contribution in [3.63, 3.8) is 0 Å². The van der Waals surface area contributed by atoms with Gasteiger partial charge in [0, 0.05) is 37.6 Å². The molecule has 2 aliphatic rings. The van der Waals surface area contributed by atoms with E-state index in [1.807, 2.05) is 11.3 Å². The van der Waals surface area contributed by atoms with Gasteiger partial charge in [-0.2, -0.15) is 0 Å². The van der Waals surface area contributed by atoms with E-state index < -0.39 is 0 Å². The molecule has 1 aromatic heterocycles. The van der Waals surface area contributed by atoms with Crippen LogP contribution in [0.4, 0.5) is 0 Å². The van der Waals surface area contributed by atoms with E-state index in [0.717, 1.165) is 32.1 Å². The van der Waals surface area contributed by atoms with E-state index in [1.54, 1.807) is 0 Å². The Balaban J connectivity index is 1.52. The number of likely N-dealkylation sites (tertiary alicyclic amines) is 1. The normalized spacial score (nSPS) is 21.6. The van der Waals surface area contributed by atoms with Crippen molar-refractivity contribution in [1.29, 1.82) is 0 Å². The maximum atomic E-state index is 4.96. The van der Waals surface area contributed by atoms with Crippen LogP contribution in [-0.2, 0) is 0 Å². The molecule has 6 nitrogen and oxygen atoms in total. The van der Waals surface area contributed by atoms with Gasteiger partial charge in [0.1, 0.15) is 0 Å². The molecular weight excluding hydrogens is 368 g/mol. The van der Waals surface area contributed by atoms with E-state index in [0.29, 0.717) is 6.04 Å². The first-order chi connectivity index (χ1) is 13.8. The van der Waals surface area contributed by atoms with Gasteiger partial charge in [-0.3, -0.25) is 9.89 Å². The second-order valence-corrected chi connectivity index (χ2v) is 8.90. The number of guanidine groups is 1. The van der Waals surface area contributed by atoms with Crippen molar-refractivity contribution in [3.05, 3.63) is 22.4 Å². The highest BCUT2D eigenvalue weighted by molar-refractivity contribution is 7.10. The molecule has 1 atom stereocenters. The zero-order valence-electron chi connectivity index (χ0n) is 17.7. The predicted octanol–water partition coefficient (Wildman–Crippen LogP) is 2.08. The van der Waals surface area contributed by atoms with E-state index in [4.69, 9.17) is 4.99 Å². The lowest BCUT2D eigenvalue weighted by Gasteiger charge is -2.26. The average molecular weight is 407 g/mol. The third-order valence-corrected chi connectivity index (χ3v) is 6.73. The summed E-state index contributed by atoms with van der Waals surface area (Å²) in [7, 11) is 2.22. The summed E-state index contributed by atoms with van der Waals surface area (Å²) in [4.78, 5) is 14.0. The summed E-state index contributed by atoms with van der Waals surface area (Å²) in [5.41, 5.74) is 0. The molecule has 0 saturated carbocycles. The molecule has 158 valence electrons. The fourth-order valence-corrected chi connectivity index (χ4v) is 4.95. The van der Waals surface area contributed by atoms with E-state index in [2.05, 4.69) is 56.8 Å². The van der Waals surface area contributed by atoms with Gasteiger partial charge < -0.3 is 20.4 Å². The molecule has 0 radical (unpaired) electrons. The summed E-state index contributed by atoms with van der Waals surface area (Å²) in [6.45, 7) is 13.0. The molecule has 2 N–H and O–H groups in total. The van der Waals surface area contributed by atoms with Gasteiger partial charge in [-0.05, 0) is 70.9 Å². The zero-order valence-corrected chi connectivity index (χ0v) is 18.5. The molecule has 2 fully saturated rings. The number of nitrogens with one attached hydrogen (secondary N) is 2. The van der Waals surface area contributed by atoms with Crippen LogP contribution >= 0.6 is 11.3 Å². The Morgan fingerprint density at radius 1 is 1.11 bits per heavy atom. The number of aliphatic imine (C=N–C) groups is 1. The highest BCUT2D eigenvalue weighted by Gasteiger charge is 2.24. The fraction of sp³-hybridized carbons (Fsp3) is 0.762. The van der Waals surface area contributed by atoms with Crippen LogP contribution in [0, 0.1) is 0 Å². The quantitative estimate of drug-likeness (QED) is 0.511. The first-order valence-corrected chi connectivity index (χ1v) is 11.8. The van der Waals surface area contributed by atoms with Gasteiger partial charge in [-0.25, -0.2) is 0 Å². The number of rotatable bonds is 8. The minimum Gasteiger partial charge on any atom is -0.357 e. The SMILES string of the molecule is CCNC(=NCC(c1cccs1)N1CCCC1)NCCN1CCCN(C)CC1. The topological polar surface area (TPSA) is 46.1 Å². The molecular formula is C21H38N6S. The predicted molar refractivity (Wildman–Crippen MR) is 120 cm³/mol. The van der Waals surface area contributed by atoms with Gasteiger partial charge in [0.2, 0.25) is 0 Å².